The Bertz CT molecular complexity index is 608. The number of hydrogen-bond acceptors (Lipinski definition) is 5. The van der Waals surface area contributed by atoms with Crippen LogP contribution in [-0.2, 0) is 19.2 Å². The minimum absolute atomic E-state index is 0.111. The lowest BCUT2D eigenvalue weighted by Gasteiger charge is -2.29. The first-order valence-corrected chi connectivity index (χ1v) is 10.3. The largest absolute Gasteiger partial charge is 0.480 e. The summed E-state index contributed by atoms with van der Waals surface area (Å²) in [7, 11) is 0. The first kappa shape index (κ1) is 24.9. The smallest absolute Gasteiger partial charge is 0.326 e. The molecule has 1 saturated heterocycles. The standard InChI is InChI=1S/C20H36N4O5/c1-11(2)9-14(21)18(26)22-13(5)17(25)23-15(10-12(3)4)19(27)24-8-6-7-16(24)20(28)29/h11-16H,6-10,21H2,1-5H3,(H,22,26)(H,23,25)(H,28,29)/t13-,14-,15-,16-/m0/s1. The van der Waals surface area contributed by atoms with Crippen molar-refractivity contribution >= 4 is 23.7 Å². The van der Waals surface area contributed by atoms with Gasteiger partial charge in [-0.3, -0.25) is 14.4 Å². The maximum absolute atomic E-state index is 12.9. The molecule has 0 spiro atoms. The lowest BCUT2D eigenvalue weighted by Crippen LogP contribution is -2.56. The number of likely N-dealkylation sites (tertiary alicyclic amines) is 1. The molecule has 1 fully saturated rings. The van der Waals surface area contributed by atoms with Gasteiger partial charge in [0.15, 0.2) is 0 Å². The maximum atomic E-state index is 12.9. The molecule has 9 heteroatoms. The van der Waals surface area contributed by atoms with Crippen molar-refractivity contribution in [2.75, 3.05) is 6.54 Å². The molecule has 9 nitrogen and oxygen atoms in total. The average Bonchev–Trinajstić information content (AvgIpc) is 3.09. The van der Waals surface area contributed by atoms with Crippen LogP contribution in [0.25, 0.3) is 0 Å². The number of carboxylic acid groups (broad SMARTS) is 1. The number of rotatable bonds is 10. The van der Waals surface area contributed by atoms with E-state index in [-0.39, 0.29) is 11.8 Å². The van der Waals surface area contributed by atoms with Crippen molar-refractivity contribution in [2.24, 2.45) is 17.6 Å². The van der Waals surface area contributed by atoms with Crippen LogP contribution in [-0.4, -0.2) is 64.4 Å². The minimum atomic E-state index is -1.04. The number of hydrogen-bond donors (Lipinski definition) is 4. The Labute approximate surface area is 172 Å². The van der Waals surface area contributed by atoms with Gasteiger partial charge in [-0.05, 0) is 44.4 Å². The molecule has 1 aliphatic rings. The third kappa shape index (κ3) is 7.64. The second-order valence-electron chi connectivity index (χ2n) is 8.68. The van der Waals surface area contributed by atoms with Gasteiger partial charge < -0.3 is 26.4 Å². The van der Waals surface area contributed by atoms with Crippen molar-refractivity contribution in [3.63, 3.8) is 0 Å². The van der Waals surface area contributed by atoms with Crippen molar-refractivity contribution in [3.05, 3.63) is 0 Å². The van der Waals surface area contributed by atoms with Crippen LogP contribution in [0.15, 0.2) is 0 Å². The molecular formula is C20H36N4O5. The summed E-state index contributed by atoms with van der Waals surface area (Å²) in [4.78, 5) is 50.4. The summed E-state index contributed by atoms with van der Waals surface area (Å²) in [6.45, 7) is 9.63. The van der Waals surface area contributed by atoms with E-state index in [1.54, 1.807) is 0 Å². The van der Waals surface area contributed by atoms with Crippen LogP contribution >= 0.6 is 0 Å². The van der Waals surface area contributed by atoms with Crippen molar-refractivity contribution in [2.45, 2.75) is 84.5 Å². The van der Waals surface area contributed by atoms with E-state index in [2.05, 4.69) is 10.6 Å². The molecule has 0 radical (unpaired) electrons. The van der Waals surface area contributed by atoms with Crippen molar-refractivity contribution in [1.29, 1.82) is 0 Å². The highest BCUT2D eigenvalue weighted by atomic mass is 16.4. The van der Waals surface area contributed by atoms with Crippen LogP contribution in [0.5, 0.6) is 0 Å². The Morgan fingerprint density at radius 1 is 1.00 bits per heavy atom. The van der Waals surface area contributed by atoms with Crippen molar-refractivity contribution in [1.82, 2.24) is 15.5 Å². The molecule has 166 valence electrons. The molecule has 0 aliphatic carbocycles. The van der Waals surface area contributed by atoms with E-state index >= 15 is 0 Å². The Morgan fingerprint density at radius 3 is 2.10 bits per heavy atom. The SMILES string of the molecule is CC(C)C[C@H](NC(=O)[C@H](C)NC(=O)[C@@H](N)CC(C)C)C(=O)N1CCC[C@H]1C(=O)O. The predicted octanol–water partition coefficient (Wildman–Crippen LogP) is 0.471. The highest BCUT2D eigenvalue weighted by Gasteiger charge is 2.38. The number of carbonyl (C=O) groups excluding carboxylic acids is 3. The monoisotopic (exact) mass is 412 g/mol. The summed E-state index contributed by atoms with van der Waals surface area (Å²) in [6, 6.07) is -3.28. The highest BCUT2D eigenvalue weighted by Crippen LogP contribution is 2.20. The molecule has 3 amide bonds. The predicted molar refractivity (Wildman–Crippen MR) is 109 cm³/mol. The zero-order valence-corrected chi connectivity index (χ0v) is 18.1. The number of carbonyl (C=O) groups is 4. The number of aliphatic carboxylic acids is 1. The summed E-state index contributed by atoms with van der Waals surface area (Å²) in [5, 5.41) is 14.6. The zero-order valence-electron chi connectivity index (χ0n) is 18.1. The molecule has 1 rings (SSSR count). The van der Waals surface area contributed by atoms with Gasteiger partial charge in [0.25, 0.3) is 0 Å². The van der Waals surface area contributed by atoms with Crippen LogP contribution in [0, 0.1) is 11.8 Å². The van der Waals surface area contributed by atoms with Crippen molar-refractivity contribution in [3.8, 4) is 0 Å². The maximum Gasteiger partial charge on any atom is 0.326 e. The fraction of sp³-hybridized carbons (Fsp3) is 0.800. The second-order valence-corrected chi connectivity index (χ2v) is 8.68. The van der Waals surface area contributed by atoms with Gasteiger partial charge in [-0.1, -0.05) is 27.7 Å². The quantitative estimate of drug-likeness (QED) is 0.411. The van der Waals surface area contributed by atoms with E-state index < -0.39 is 47.9 Å². The number of carboxylic acids is 1. The number of nitrogens with zero attached hydrogens (tertiary/aromatic N) is 1. The fourth-order valence-corrected chi connectivity index (χ4v) is 3.48. The Morgan fingerprint density at radius 2 is 1.59 bits per heavy atom. The second kappa shape index (κ2) is 11.1. The molecule has 1 heterocycles. The molecule has 5 N–H and O–H groups in total. The van der Waals surface area contributed by atoms with Crippen LogP contribution in [0.2, 0.25) is 0 Å². The zero-order chi connectivity index (χ0) is 22.3. The summed E-state index contributed by atoms with van der Waals surface area (Å²) in [6.07, 6.45) is 1.90. The van der Waals surface area contributed by atoms with Gasteiger partial charge in [0, 0.05) is 6.54 Å². The number of amides is 3. The van der Waals surface area contributed by atoms with Gasteiger partial charge in [-0.2, -0.15) is 0 Å². The fourth-order valence-electron chi connectivity index (χ4n) is 3.48. The van der Waals surface area contributed by atoms with Gasteiger partial charge in [0.1, 0.15) is 18.1 Å². The van der Waals surface area contributed by atoms with Gasteiger partial charge >= 0.3 is 5.97 Å². The van der Waals surface area contributed by atoms with E-state index in [1.807, 2.05) is 27.7 Å². The molecule has 0 bridgehead atoms. The molecule has 0 aromatic carbocycles. The number of nitrogens with two attached hydrogens (primary N) is 1. The van der Waals surface area contributed by atoms with E-state index in [1.165, 1.54) is 11.8 Å². The van der Waals surface area contributed by atoms with Crippen LogP contribution in [0.1, 0.15) is 60.3 Å². The van der Waals surface area contributed by atoms with E-state index in [0.717, 1.165) is 0 Å². The Balaban J connectivity index is 2.78. The Kier molecular flexibility index (Phi) is 9.55. The van der Waals surface area contributed by atoms with E-state index in [4.69, 9.17) is 5.73 Å². The van der Waals surface area contributed by atoms with Crippen LogP contribution in [0.4, 0.5) is 0 Å². The topological polar surface area (TPSA) is 142 Å². The minimum Gasteiger partial charge on any atom is -0.480 e. The first-order valence-electron chi connectivity index (χ1n) is 10.3. The lowest BCUT2D eigenvalue weighted by molar-refractivity contribution is -0.149. The summed E-state index contributed by atoms with van der Waals surface area (Å²) < 4.78 is 0. The average molecular weight is 413 g/mol. The van der Waals surface area contributed by atoms with E-state index in [0.29, 0.717) is 32.2 Å². The van der Waals surface area contributed by atoms with Gasteiger partial charge in [0.2, 0.25) is 17.7 Å². The molecule has 29 heavy (non-hydrogen) atoms. The van der Waals surface area contributed by atoms with Gasteiger partial charge in [-0.15, -0.1) is 0 Å². The normalized spacial score (nSPS) is 19.7. The number of nitrogens with one attached hydrogen (secondary N) is 2. The molecule has 0 unspecified atom stereocenters. The molecule has 0 aromatic heterocycles. The highest BCUT2D eigenvalue weighted by molar-refractivity contribution is 5.94. The van der Waals surface area contributed by atoms with Crippen LogP contribution in [0.3, 0.4) is 0 Å². The molecular weight excluding hydrogens is 376 g/mol. The lowest BCUT2D eigenvalue weighted by atomic mass is 10.0. The summed E-state index contributed by atoms with van der Waals surface area (Å²) >= 11 is 0. The summed E-state index contributed by atoms with van der Waals surface area (Å²) in [5.74, 6) is -1.99. The van der Waals surface area contributed by atoms with Crippen molar-refractivity contribution < 1.29 is 24.3 Å². The molecule has 4 atom stereocenters. The molecule has 0 saturated carbocycles. The molecule has 0 aromatic rings. The van der Waals surface area contributed by atoms with Gasteiger partial charge in [0.05, 0.1) is 6.04 Å². The third-order valence-electron chi connectivity index (χ3n) is 4.96. The first-order chi connectivity index (χ1) is 13.4. The van der Waals surface area contributed by atoms with Gasteiger partial charge in [-0.25, -0.2) is 4.79 Å². The van der Waals surface area contributed by atoms with Crippen LogP contribution < -0.4 is 16.4 Å². The van der Waals surface area contributed by atoms with E-state index in [9.17, 15) is 24.3 Å². The molecule has 1 aliphatic heterocycles. The third-order valence-corrected chi connectivity index (χ3v) is 4.96. The Hall–Kier alpha value is -2.16. The summed E-state index contributed by atoms with van der Waals surface area (Å²) in [5.41, 5.74) is 5.85.